The first-order chi connectivity index (χ1) is 9.29. The molecule has 0 radical (unpaired) electrons. The van der Waals surface area contributed by atoms with Crippen molar-refractivity contribution in [1.29, 1.82) is 0 Å². The average Bonchev–Trinajstić information content (AvgIpc) is 2.87. The molecule has 1 aliphatic rings. The molecule has 0 saturated heterocycles. The molecule has 104 valence electrons. The summed E-state index contributed by atoms with van der Waals surface area (Å²) in [4.78, 5) is 11.8. The summed E-state index contributed by atoms with van der Waals surface area (Å²) in [6.45, 7) is 0.540. The number of hydrogen-bond donors (Lipinski definition) is 2. The van der Waals surface area contributed by atoms with Crippen molar-refractivity contribution in [3.05, 3.63) is 30.3 Å². The molecule has 2 N–H and O–H groups in total. The van der Waals surface area contributed by atoms with Crippen LogP contribution in [0.1, 0.15) is 25.7 Å². The maximum atomic E-state index is 11.8. The van der Waals surface area contributed by atoms with Crippen molar-refractivity contribution >= 4 is 5.91 Å². The Morgan fingerprint density at radius 3 is 2.84 bits per heavy atom. The van der Waals surface area contributed by atoms with Crippen LogP contribution >= 0.6 is 0 Å². The first-order valence-electron chi connectivity index (χ1n) is 6.87. The van der Waals surface area contributed by atoms with Crippen LogP contribution in [0.15, 0.2) is 30.3 Å². The Balaban J connectivity index is 1.67. The highest BCUT2D eigenvalue weighted by Gasteiger charge is 2.27. The van der Waals surface area contributed by atoms with Crippen LogP contribution in [-0.2, 0) is 4.79 Å². The van der Waals surface area contributed by atoms with Crippen LogP contribution < -0.4 is 10.1 Å². The molecule has 1 saturated carbocycles. The number of benzene rings is 1. The van der Waals surface area contributed by atoms with Crippen molar-refractivity contribution in [2.75, 3.05) is 13.2 Å². The number of hydrogen-bond acceptors (Lipinski definition) is 3. The van der Waals surface area contributed by atoms with Gasteiger partial charge in [-0.15, -0.1) is 0 Å². The Labute approximate surface area is 113 Å². The number of para-hydroxylation sites is 1. The zero-order valence-corrected chi connectivity index (χ0v) is 11.0. The second-order valence-electron chi connectivity index (χ2n) is 4.96. The van der Waals surface area contributed by atoms with Gasteiger partial charge in [0.1, 0.15) is 5.75 Å². The number of carbonyl (C=O) groups is 1. The van der Waals surface area contributed by atoms with Crippen LogP contribution in [-0.4, -0.2) is 30.3 Å². The fourth-order valence-corrected chi connectivity index (χ4v) is 2.50. The van der Waals surface area contributed by atoms with E-state index in [0.29, 0.717) is 13.0 Å². The summed E-state index contributed by atoms with van der Waals surface area (Å²) in [6.07, 6.45) is 3.40. The van der Waals surface area contributed by atoms with Crippen molar-refractivity contribution in [2.45, 2.75) is 31.7 Å². The summed E-state index contributed by atoms with van der Waals surface area (Å²) in [5.74, 6) is 1.00. The minimum atomic E-state index is 0.00119. The molecule has 0 heterocycles. The van der Waals surface area contributed by atoms with Crippen LogP contribution in [0.25, 0.3) is 0 Å². The third-order valence-electron chi connectivity index (χ3n) is 3.58. The zero-order valence-electron chi connectivity index (χ0n) is 11.0. The van der Waals surface area contributed by atoms with E-state index in [1.807, 2.05) is 30.3 Å². The van der Waals surface area contributed by atoms with Crippen LogP contribution in [0.4, 0.5) is 0 Å². The summed E-state index contributed by atoms with van der Waals surface area (Å²) in [7, 11) is 0. The fourth-order valence-electron chi connectivity index (χ4n) is 2.50. The zero-order chi connectivity index (χ0) is 13.5. The SMILES string of the molecule is O=C(CCOc1ccccc1)NC1CCCC1CO. The molecular formula is C15H21NO3. The fraction of sp³-hybridized carbons (Fsp3) is 0.533. The Morgan fingerprint density at radius 2 is 2.11 bits per heavy atom. The third-order valence-corrected chi connectivity index (χ3v) is 3.58. The molecule has 19 heavy (non-hydrogen) atoms. The molecule has 0 bridgehead atoms. The van der Waals surface area contributed by atoms with Crippen LogP contribution in [0.2, 0.25) is 0 Å². The molecule has 4 nitrogen and oxygen atoms in total. The van der Waals surface area contributed by atoms with E-state index in [4.69, 9.17) is 4.74 Å². The molecule has 2 atom stereocenters. The van der Waals surface area contributed by atoms with E-state index < -0.39 is 0 Å². The quantitative estimate of drug-likeness (QED) is 0.822. The summed E-state index contributed by atoms with van der Waals surface area (Å²) in [5, 5.41) is 12.2. The molecule has 0 aliphatic heterocycles. The van der Waals surface area contributed by atoms with Crippen LogP contribution in [0, 0.1) is 5.92 Å². The van der Waals surface area contributed by atoms with Crippen molar-refractivity contribution in [1.82, 2.24) is 5.32 Å². The highest BCUT2D eigenvalue weighted by molar-refractivity contribution is 5.76. The molecule has 1 aliphatic carbocycles. The Hall–Kier alpha value is -1.55. The highest BCUT2D eigenvalue weighted by atomic mass is 16.5. The van der Waals surface area contributed by atoms with E-state index in [1.165, 1.54) is 0 Å². The van der Waals surface area contributed by atoms with E-state index in [0.717, 1.165) is 25.0 Å². The monoisotopic (exact) mass is 263 g/mol. The number of carbonyl (C=O) groups excluding carboxylic acids is 1. The van der Waals surface area contributed by atoms with Gasteiger partial charge >= 0.3 is 0 Å². The van der Waals surface area contributed by atoms with Crippen molar-refractivity contribution < 1.29 is 14.6 Å². The van der Waals surface area contributed by atoms with Crippen LogP contribution in [0.5, 0.6) is 5.75 Å². The summed E-state index contributed by atoms with van der Waals surface area (Å²) in [6, 6.07) is 9.61. The lowest BCUT2D eigenvalue weighted by Crippen LogP contribution is -2.39. The van der Waals surface area contributed by atoms with Crippen molar-refractivity contribution in [3.63, 3.8) is 0 Å². The topological polar surface area (TPSA) is 58.6 Å². The molecule has 2 rings (SSSR count). The standard InChI is InChI=1S/C15H21NO3/c17-11-12-5-4-8-14(12)16-15(18)9-10-19-13-6-2-1-3-7-13/h1-3,6-7,12,14,17H,4-5,8-11H2,(H,16,18). The molecule has 1 amide bonds. The van der Waals surface area contributed by atoms with Crippen LogP contribution in [0.3, 0.4) is 0 Å². The molecule has 1 fully saturated rings. The number of nitrogens with one attached hydrogen (secondary N) is 1. The van der Waals surface area contributed by atoms with E-state index >= 15 is 0 Å². The number of aliphatic hydroxyl groups excluding tert-OH is 1. The summed E-state index contributed by atoms with van der Waals surface area (Å²) >= 11 is 0. The van der Waals surface area contributed by atoms with Gasteiger partial charge < -0.3 is 15.2 Å². The summed E-state index contributed by atoms with van der Waals surface area (Å²) < 4.78 is 5.48. The molecule has 1 aromatic carbocycles. The van der Waals surface area contributed by atoms with E-state index in [1.54, 1.807) is 0 Å². The lowest BCUT2D eigenvalue weighted by molar-refractivity contribution is -0.122. The lowest BCUT2D eigenvalue weighted by atomic mass is 10.1. The predicted octanol–water partition coefficient (Wildman–Crippen LogP) is 1.73. The van der Waals surface area contributed by atoms with Crippen molar-refractivity contribution in [3.8, 4) is 5.75 Å². The lowest BCUT2D eigenvalue weighted by Gasteiger charge is -2.19. The van der Waals surface area contributed by atoms with Gasteiger partial charge in [0, 0.05) is 18.6 Å². The van der Waals surface area contributed by atoms with E-state index in [-0.39, 0.29) is 24.5 Å². The number of rotatable bonds is 6. The van der Waals surface area contributed by atoms with E-state index in [2.05, 4.69) is 5.32 Å². The smallest absolute Gasteiger partial charge is 0.223 e. The molecule has 4 heteroatoms. The third kappa shape index (κ3) is 4.24. The number of amides is 1. The Bertz CT molecular complexity index is 394. The van der Waals surface area contributed by atoms with Gasteiger partial charge in [-0.3, -0.25) is 4.79 Å². The minimum Gasteiger partial charge on any atom is -0.493 e. The molecule has 0 spiro atoms. The number of ether oxygens (including phenoxy) is 1. The van der Waals surface area contributed by atoms with E-state index in [9.17, 15) is 9.90 Å². The van der Waals surface area contributed by atoms with Gasteiger partial charge in [0.05, 0.1) is 13.0 Å². The highest BCUT2D eigenvalue weighted by Crippen LogP contribution is 2.25. The van der Waals surface area contributed by atoms with Gasteiger partial charge in [0.2, 0.25) is 5.91 Å². The van der Waals surface area contributed by atoms with Gasteiger partial charge in [-0.05, 0) is 25.0 Å². The van der Waals surface area contributed by atoms with Gasteiger partial charge in [0.25, 0.3) is 0 Å². The minimum absolute atomic E-state index is 0.00119. The average molecular weight is 263 g/mol. The molecular weight excluding hydrogens is 242 g/mol. The number of aliphatic hydroxyl groups is 1. The second-order valence-corrected chi connectivity index (χ2v) is 4.96. The Morgan fingerprint density at radius 1 is 1.32 bits per heavy atom. The predicted molar refractivity (Wildman–Crippen MR) is 72.9 cm³/mol. The largest absolute Gasteiger partial charge is 0.493 e. The normalized spacial score (nSPS) is 22.2. The summed E-state index contributed by atoms with van der Waals surface area (Å²) in [5.41, 5.74) is 0. The van der Waals surface area contributed by atoms with Gasteiger partial charge in [-0.1, -0.05) is 24.6 Å². The first-order valence-corrected chi connectivity index (χ1v) is 6.87. The first kappa shape index (κ1) is 13.9. The maximum Gasteiger partial charge on any atom is 0.223 e. The Kier molecular flexibility index (Phi) is 5.21. The molecule has 1 aromatic rings. The van der Waals surface area contributed by atoms with Gasteiger partial charge in [-0.25, -0.2) is 0 Å². The second kappa shape index (κ2) is 7.14. The van der Waals surface area contributed by atoms with Gasteiger partial charge in [0.15, 0.2) is 0 Å². The van der Waals surface area contributed by atoms with Crippen molar-refractivity contribution in [2.24, 2.45) is 5.92 Å². The maximum absolute atomic E-state index is 11.8. The van der Waals surface area contributed by atoms with Gasteiger partial charge in [-0.2, -0.15) is 0 Å². The molecule has 0 aromatic heterocycles. The molecule has 2 unspecified atom stereocenters.